The van der Waals surface area contributed by atoms with Crippen molar-refractivity contribution in [2.45, 2.75) is 0 Å². The van der Waals surface area contributed by atoms with Gasteiger partial charge in [0.1, 0.15) is 0 Å². The summed E-state index contributed by atoms with van der Waals surface area (Å²) in [5.41, 5.74) is 0. The molecule has 0 aromatic rings. The molecule has 0 radical (unpaired) electrons. The van der Waals surface area contributed by atoms with Gasteiger partial charge in [-0.1, -0.05) is 0 Å². The molecule has 0 bridgehead atoms. The Labute approximate surface area is 85.8 Å². The Bertz CT molecular complexity index is 69.1. The van der Waals surface area contributed by atoms with Gasteiger partial charge in [-0.2, -0.15) is 0 Å². The van der Waals surface area contributed by atoms with Gasteiger partial charge in [0.2, 0.25) is 0 Å². The molecule has 0 aromatic carbocycles. The zero-order valence-electron chi connectivity index (χ0n) is 3.77. The summed E-state index contributed by atoms with van der Waals surface area (Å²) < 4.78 is 51.5. The molecular formula is O6Te2Zr. The molecule has 0 aliphatic rings. The largest absolute Gasteiger partial charge is 4.00 e. The van der Waals surface area contributed by atoms with Crippen LogP contribution in [0.4, 0.5) is 0 Å². The number of hydrogen-bond donors (Lipinski definition) is 0. The van der Waals surface area contributed by atoms with Gasteiger partial charge >= 0.3 is 87.0 Å². The Kier molecular flexibility index (Phi) is 23.9. The predicted molar refractivity (Wildman–Crippen MR) is 12.9 cm³/mol. The van der Waals surface area contributed by atoms with E-state index in [1.54, 1.807) is 0 Å². The monoisotopic (exact) mass is 446 g/mol. The van der Waals surface area contributed by atoms with Crippen molar-refractivity contribution in [1.29, 1.82) is 0 Å². The minimum Gasteiger partial charge on any atom is 4.00 e. The van der Waals surface area contributed by atoms with Crippen LogP contribution in [0.3, 0.4) is 0 Å². The van der Waals surface area contributed by atoms with Crippen molar-refractivity contribution >= 4 is 40.7 Å². The van der Waals surface area contributed by atoms with Crippen molar-refractivity contribution in [2.75, 3.05) is 0 Å². The first-order chi connectivity index (χ1) is 3.46. The van der Waals surface area contributed by atoms with Crippen LogP contribution in [0, 0.1) is 0 Å². The molecule has 0 aliphatic heterocycles. The van der Waals surface area contributed by atoms with Crippen molar-refractivity contribution < 1.29 is 46.3 Å². The van der Waals surface area contributed by atoms with E-state index in [2.05, 4.69) is 0 Å². The van der Waals surface area contributed by atoms with E-state index < -0.39 is 40.7 Å². The molecule has 0 unspecified atom stereocenters. The van der Waals surface area contributed by atoms with E-state index in [1.807, 2.05) is 0 Å². The summed E-state index contributed by atoms with van der Waals surface area (Å²) in [6.45, 7) is 0. The quantitative estimate of drug-likeness (QED) is 0.344. The Morgan fingerprint density at radius 3 is 0.778 bits per heavy atom. The molecule has 0 heterocycles. The third kappa shape index (κ3) is 171. The minimum absolute atomic E-state index is 0. The molecule has 0 amide bonds. The van der Waals surface area contributed by atoms with Gasteiger partial charge in [-0.25, -0.2) is 0 Å². The normalized spacial score (nSPS) is 7.78. The van der Waals surface area contributed by atoms with E-state index in [0.717, 1.165) is 0 Å². The first kappa shape index (κ1) is 17.1. The summed E-state index contributed by atoms with van der Waals surface area (Å²) in [7, 11) is 0. The Balaban J connectivity index is -0.0000000720. The van der Waals surface area contributed by atoms with Gasteiger partial charge in [0.25, 0.3) is 0 Å². The van der Waals surface area contributed by atoms with Crippen LogP contribution in [0.15, 0.2) is 0 Å². The van der Waals surface area contributed by atoms with Crippen molar-refractivity contribution in [2.24, 2.45) is 0 Å². The van der Waals surface area contributed by atoms with Gasteiger partial charge in [0, 0.05) is 0 Å². The maximum atomic E-state index is 8.59. The van der Waals surface area contributed by atoms with Crippen LogP contribution >= 0.6 is 0 Å². The van der Waals surface area contributed by atoms with Crippen LogP contribution in [0.2, 0.25) is 0 Å². The summed E-state index contributed by atoms with van der Waals surface area (Å²) in [5, 5.41) is 0. The van der Waals surface area contributed by atoms with Gasteiger partial charge in [-0.05, 0) is 0 Å². The Morgan fingerprint density at radius 2 is 0.778 bits per heavy atom. The summed E-state index contributed by atoms with van der Waals surface area (Å²) in [6, 6.07) is 0. The van der Waals surface area contributed by atoms with E-state index in [4.69, 9.17) is 20.1 Å². The van der Waals surface area contributed by atoms with E-state index in [1.165, 1.54) is 0 Å². The van der Waals surface area contributed by atoms with Crippen LogP contribution in [-0.4, -0.2) is 40.7 Å². The minimum atomic E-state index is -4.11. The third-order valence-electron chi connectivity index (χ3n) is 0. The smallest absolute Gasteiger partial charge is 4.00 e. The van der Waals surface area contributed by atoms with Gasteiger partial charge in [0.05, 0.1) is 0 Å². The molecule has 0 atom stereocenters. The van der Waals surface area contributed by atoms with Crippen LogP contribution in [0.1, 0.15) is 0 Å². The van der Waals surface area contributed by atoms with E-state index in [9.17, 15) is 0 Å². The van der Waals surface area contributed by atoms with Gasteiger partial charge in [0.15, 0.2) is 0 Å². The molecule has 0 saturated heterocycles. The molecule has 0 fully saturated rings. The second-order valence-electron chi connectivity index (χ2n) is 0.408. The van der Waals surface area contributed by atoms with Crippen LogP contribution in [0.5, 0.6) is 0 Å². The number of rotatable bonds is 0. The SMILES string of the molecule is O=[Te]([O-])[O-].O=[Te]([O-])[O-].[Zr+4]. The van der Waals surface area contributed by atoms with Crippen molar-refractivity contribution in [3.63, 3.8) is 0 Å². The first-order valence-corrected chi connectivity index (χ1v) is 6.71. The predicted octanol–water partition coefficient (Wildman–Crippen LogP) is -5.76. The maximum absolute atomic E-state index is 8.59. The fourth-order valence-corrected chi connectivity index (χ4v) is 0. The molecular weight excluding hydrogens is 442 g/mol. The topological polar surface area (TPSA) is 126 Å². The van der Waals surface area contributed by atoms with Crippen LogP contribution < -0.4 is 13.9 Å². The molecule has 0 aliphatic carbocycles. The molecule has 0 aromatic heterocycles. The Morgan fingerprint density at radius 1 is 0.778 bits per heavy atom. The molecule has 0 spiro atoms. The van der Waals surface area contributed by atoms with Gasteiger partial charge < -0.3 is 0 Å². The molecule has 52 valence electrons. The van der Waals surface area contributed by atoms with Gasteiger partial charge in [-0.15, -0.1) is 0 Å². The van der Waals surface area contributed by atoms with Crippen LogP contribution in [-0.2, 0) is 32.4 Å². The zero-order chi connectivity index (χ0) is 7.15. The van der Waals surface area contributed by atoms with E-state index in [-0.39, 0.29) is 26.2 Å². The standard InChI is InChI=1S/2H2O3Te.Zr/c2*1-4(2)3;/h2*(H2,1,2,3);/q;;+4/p-4. The molecule has 0 saturated carbocycles. The summed E-state index contributed by atoms with van der Waals surface area (Å²) in [6.07, 6.45) is 0. The maximum Gasteiger partial charge on any atom is 4.00 e. The summed E-state index contributed by atoms with van der Waals surface area (Å²) in [4.78, 5) is 0. The fraction of sp³-hybridized carbons (Fsp3) is 0. The summed E-state index contributed by atoms with van der Waals surface area (Å²) in [5.74, 6) is 0. The molecule has 0 rings (SSSR count). The van der Waals surface area contributed by atoms with Crippen molar-refractivity contribution in [1.82, 2.24) is 0 Å². The van der Waals surface area contributed by atoms with Crippen LogP contribution in [0.25, 0.3) is 0 Å². The second kappa shape index (κ2) is 12.6. The third-order valence-corrected chi connectivity index (χ3v) is 0. The number of hydrogen-bond acceptors (Lipinski definition) is 6. The van der Waals surface area contributed by atoms with Crippen molar-refractivity contribution in [3.05, 3.63) is 0 Å². The van der Waals surface area contributed by atoms with E-state index in [0.29, 0.717) is 0 Å². The molecule has 9 heavy (non-hydrogen) atoms. The Hall–Kier alpha value is 1.90. The van der Waals surface area contributed by atoms with Crippen molar-refractivity contribution in [3.8, 4) is 0 Å². The average molecular weight is 442 g/mol. The molecule has 6 nitrogen and oxygen atoms in total. The summed E-state index contributed by atoms with van der Waals surface area (Å²) >= 11 is -8.21. The molecule has 0 N–H and O–H groups in total. The molecule has 9 heteroatoms. The second-order valence-corrected chi connectivity index (χ2v) is 2.74. The first-order valence-electron chi connectivity index (χ1n) is 1.00. The fourth-order valence-electron chi connectivity index (χ4n) is 0. The van der Waals surface area contributed by atoms with E-state index >= 15 is 0 Å². The van der Waals surface area contributed by atoms with Gasteiger partial charge in [-0.3, -0.25) is 0 Å². The zero-order valence-corrected chi connectivity index (χ0v) is 10.9. The average Bonchev–Trinajstić information content (AvgIpc) is 1.25.